The van der Waals surface area contributed by atoms with E-state index in [0.717, 1.165) is 16.6 Å². The average molecular weight is 317 g/mol. The second-order valence-electron chi connectivity index (χ2n) is 3.45. The molecule has 0 radical (unpaired) electrons. The third-order valence-electron chi connectivity index (χ3n) is 2.22. The summed E-state index contributed by atoms with van der Waals surface area (Å²) in [7, 11) is 0. The van der Waals surface area contributed by atoms with E-state index < -0.39 is 11.6 Å². The van der Waals surface area contributed by atoms with Crippen LogP contribution in [-0.4, -0.2) is 5.78 Å². The van der Waals surface area contributed by atoms with Gasteiger partial charge in [-0.3, -0.25) is 4.79 Å². The number of carbonyl (C=O) groups excluding carboxylic acids is 1. The van der Waals surface area contributed by atoms with Gasteiger partial charge in [0.25, 0.3) is 0 Å². The van der Waals surface area contributed by atoms with E-state index in [4.69, 9.17) is 0 Å². The zero-order valence-electron chi connectivity index (χ0n) is 8.54. The van der Waals surface area contributed by atoms with Gasteiger partial charge in [-0.2, -0.15) is 0 Å². The van der Waals surface area contributed by atoms with Crippen molar-refractivity contribution in [2.45, 2.75) is 6.42 Å². The standard InChI is InChI=1S/C12H7BrF2OS/c13-8-3-4-17-12(8)11(16)6-7-1-2-9(14)10(15)5-7/h1-5H,6H2. The van der Waals surface area contributed by atoms with Crippen LogP contribution in [0.1, 0.15) is 15.2 Å². The quantitative estimate of drug-likeness (QED) is 0.775. The van der Waals surface area contributed by atoms with E-state index in [1.807, 2.05) is 0 Å². The molecule has 88 valence electrons. The third-order valence-corrected chi connectivity index (χ3v) is 4.10. The van der Waals surface area contributed by atoms with E-state index in [-0.39, 0.29) is 12.2 Å². The van der Waals surface area contributed by atoms with Crippen LogP contribution in [0.15, 0.2) is 34.1 Å². The van der Waals surface area contributed by atoms with Crippen LogP contribution in [0, 0.1) is 11.6 Å². The smallest absolute Gasteiger partial charge is 0.178 e. The lowest BCUT2D eigenvalue weighted by Gasteiger charge is -2.01. The highest BCUT2D eigenvalue weighted by Gasteiger charge is 2.13. The predicted molar refractivity (Wildman–Crippen MR) is 66.4 cm³/mol. The molecule has 0 spiro atoms. The molecule has 0 saturated heterocycles. The van der Waals surface area contributed by atoms with E-state index in [2.05, 4.69) is 15.9 Å². The summed E-state index contributed by atoms with van der Waals surface area (Å²) in [5.74, 6) is -1.95. The lowest BCUT2D eigenvalue weighted by atomic mass is 10.1. The Morgan fingerprint density at radius 2 is 2.00 bits per heavy atom. The van der Waals surface area contributed by atoms with Crippen LogP contribution in [-0.2, 0) is 6.42 Å². The number of ketones is 1. The van der Waals surface area contributed by atoms with Gasteiger partial charge in [0.1, 0.15) is 0 Å². The molecule has 0 aliphatic carbocycles. The Kier molecular flexibility index (Phi) is 3.69. The molecule has 0 amide bonds. The fraction of sp³-hybridized carbons (Fsp3) is 0.0833. The largest absolute Gasteiger partial charge is 0.293 e. The maximum absolute atomic E-state index is 13.0. The van der Waals surface area contributed by atoms with Crippen molar-refractivity contribution in [3.05, 3.63) is 56.2 Å². The summed E-state index contributed by atoms with van der Waals surface area (Å²) < 4.78 is 26.4. The number of rotatable bonds is 3. The highest BCUT2D eigenvalue weighted by atomic mass is 79.9. The van der Waals surface area contributed by atoms with Crippen LogP contribution in [0.3, 0.4) is 0 Å². The Labute approximate surface area is 109 Å². The molecule has 0 bridgehead atoms. The first-order valence-electron chi connectivity index (χ1n) is 4.78. The molecule has 5 heteroatoms. The zero-order valence-corrected chi connectivity index (χ0v) is 10.9. The first-order valence-corrected chi connectivity index (χ1v) is 6.45. The molecule has 17 heavy (non-hydrogen) atoms. The molecule has 1 nitrogen and oxygen atoms in total. The molecule has 0 atom stereocenters. The van der Waals surface area contributed by atoms with Crippen LogP contribution in [0.4, 0.5) is 8.78 Å². The minimum atomic E-state index is -0.930. The Bertz CT molecular complexity index is 565. The van der Waals surface area contributed by atoms with E-state index in [1.54, 1.807) is 11.4 Å². The van der Waals surface area contributed by atoms with Crippen LogP contribution in [0.5, 0.6) is 0 Å². The molecule has 0 aliphatic heterocycles. The summed E-state index contributed by atoms with van der Waals surface area (Å²) in [4.78, 5) is 12.4. The molecule has 1 heterocycles. The van der Waals surface area contributed by atoms with Gasteiger partial charge in [0.05, 0.1) is 4.88 Å². The maximum atomic E-state index is 13.0. The summed E-state index contributed by atoms with van der Waals surface area (Å²) in [5.41, 5.74) is 0.467. The maximum Gasteiger partial charge on any atom is 0.178 e. The molecule has 2 rings (SSSR count). The fourth-order valence-electron chi connectivity index (χ4n) is 1.41. The number of halogens is 3. The number of hydrogen-bond acceptors (Lipinski definition) is 2. The van der Waals surface area contributed by atoms with Gasteiger partial charge >= 0.3 is 0 Å². The molecule has 1 aromatic heterocycles. The second-order valence-corrected chi connectivity index (χ2v) is 5.22. The van der Waals surface area contributed by atoms with E-state index in [0.29, 0.717) is 10.4 Å². The molecule has 0 saturated carbocycles. The minimum absolute atomic E-state index is 0.0658. The molecule has 0 N–H and O–H groups in total. The van der Waals surface area contributed by atoms with Gasteiger partial charge in [-0.1, -0.05) is 6.07 Å². The summed E-state index contributed by atoms with van der Waals surface area (Å²) in [6, 6.07) is 5.27. The topological polar surface area (TPSA) is 17.1 Å². The van der Waals surface area contributed by atoms with Gasteiger partial charge in [-0.15, -0.1) is 11.3 Å². The van der Waals surface area contributed by atoms with Crippen molar-refractivity contribution in [1.29, 1.82) is 0 Å². The van der Waals surface area contributed by atoms with Crippen molar-refractivity contribution in [1.82, 2.24) is 0 Å². The SMILES string of the molecule is O=C(Cc1ccc(F)c(F)c1)c1sccc1Br. The monoisotopic (exact) mass is 316 g/mol. The van der Waals surface area contributed by atoms with Crippen LogP contribution in [0.25, 0.3) is 0 Å². The highest BCUT2D eigenvalue weighted by Crippen LogP contribution is 2.24. The molecule has 0 fully saturated rings. The minimum Gasteiger partial charge on any atom is -0.293 e. The summed E-state index contributed by atoms with van der Waals surface area (Å²) in [6.45, 7) is 0. The Balaban J connectivity index is 2.19. The number of Topliss-reactive ketones (excluding diaryl/α,β-unsaturated/α-hetero) is 1. The van der Waals surface area contributed by atoms with Gasteiger partial charge < -0.3 is 0 Å². The molecule has 2 aromatic rings. The van der Waals surface area contributed by atoms with E-state index in [1.165, 1.54) is 17.4 Å². The highest BCUT2D eigenvalue weighted by molar-refractivity contribution is 9.10. The lowest BCUT2D eigenvalue weighted by molar-refractivity contribution is 0.0996. The van der Waals surface area contributed by atoms with Crippen LogP contribution < -0.4 is 0 Å². The normalized spacial score (nSPS) is 10.5. The average Bonchev–Trinajstić information content (AvgIpc) is 2.70. The first kappa shape index (κ1) is 12.4. The van der Waals surface area contributed by atoms with Gasteiger partial charge in [-0.25, -0.2) is 8.78 Å². The number of benzene rings is 1. The molecular formula is C12H7BrF2OS. The predicted octanol–water partition coefficient (Wildman–Crippen LogP) is 4.21. The number of carbonyl (C=O) groups is 1. The summed E-state index contributed by atoms with van der Waals surface area (Å²) in [6.07, 6.45) is 0.0658. The van der Waals surface area contributed by atoms with E-state index >= 15 is 0 Å². The van der Waals surface area contributed by atoms with Crippen molar-refractivity contribution in [3.63, 3.8) is 0 Å². The molecule has 1 aromatic carbocycles. The van der Waals surface area contributed by atoms with Crippen molar-refractivity contribution < 1.29 is 13.6 Å². The van der Waals surface area contributed by atoms with Gasteiger partial charge in [0.2, 0.25) is 0 Å². The van der Waals surface area contributed by atoms with Gasteiger partial charge in [0, 0.05) is 10.9 Å². The second kappa shape index (κ2) is 5.06. The zero-order chi connectivity index (χ0) is 12.4. The van der Waals surface area contributed by atoms with Crippen molar-refractivity contribution in [3.8, 4) is 0 Å². The molecular weight excluding hydrogens is 310 g/mol. The van der Waals surface area contributed by atoms with Crippen LogP contribution in [0.2, 0.25) is 0 Å². The van der Waals surface area contributed by atoms with Crippen molar-refractivity contribution in [2.24, 2.45) is 0 Å². The number of thiophene rings is 1. The first-order chi connectivity index (χ1) is 8.08. The van der Waals surface area contributed by atoms with Gasteiger partial charge in [-0.05, 0) is 45.1 Å². The molecule has 0 aliphatic rings. The Hall–Kier alpha value is -1.07. The van der Waals surface area contributed by atoms with Crippen LogP contribution >= 0.6 is 27.3 Å². The Morgan fingerprint density at radius 3 is 2.59 bits per heavy atom. The van der Waals surface area contributed by atoms with Crippen molar-refractivity contribution in [2.75, 3.05) is 0 Å². The molecule has 0 unspecified atom stereocenters. The lowest BCUT2D eigenvalue weighted by Crippen LogP contribution is -2.02. The number of hydrogen-bond donors (Lipinski definition) is 0. The Morgan fingerprint density at radius 1 is 1.24 bits per heavy atom. The summed E-state index contributed by atoms with van der Waals surface area (Å²) >= 11 is 4.58. The van der Waals surface area contributed by atoms with E-state index in [9.17, 15) is 13.6 Å². The fourth-order valence-corrected chi connectivity index (χ4v) is 2.94. The van der Waals surface area contributed by atoms with Crippen molar-refractivity contribution >= 4 is 33.0 Å². The summed E-state index contributed by atoms with van der Waals surface area (Å²) in [5, 5.41) is 1.79. The van der Waals surface area contributed by atoms with Gasteiger partial charge in [0.15, 0.2) is 17.4 Å². The third kappa shape index (κ3) is 2.79.